The first-order valence-corrected chi connectivity index (χ1v) is 16.4. The summed E-state index contributed by atoms with van der Waals surface area (Å²) in [6, 6.07) is 7.59. The van der Waals surface area contributed by atoms with Crippen LogP contribution in [0.4, 0.5) is 5.95 Å². The highest BCUT2D eigenvalue weighted by molar-refractivity contribution is 7.90. The molecule has 0 aliphatic carbocycles. The molecule has 15 heteroatoms. The van der Waals surface area contributed by atoms with Gasteiger partial charge in [0, 0.05) is 50.2 Å². The number of aromatic nitrogens is 4. The predicted molar refractivity (Wildman–Crippen MR) is 149 cm³/mol. The Labute approximate surface area is 233 Å². The van der Waals surface area contributed by atoms with Gasteiger partial charge in [0.05, 0.1) is 46.4 Å². The topological polar surface area (TPSA) is 163 Å². The molecular formula is C24H29ClN8O4S2. The smallest absolute Gasteiger partial charge is 0.223 e. The molecule has 1 saturated heterocycles. The van der Waals surface area contributed by atoms with Crippen molar-refractivity contribution in [1.82, 2.24) is 29.4 Å². The number of sulfonamides is 1. The van der Waals surface area contributed by atoms with Crippen LogP contribution in [0.3, 0.4) is 0 Å². The predicted octanol–water partition coefficient (Wildman–Crippen LogP) is 1.82. The molecule has 1 aliphatic heterocycles. The molecule has 0 amide bonds. The lowest BCUT2D eigenvalue weighted by Gasteiger charge is -2.30. The van der Waals surface area contributed by atoms with E-state index < -0.39 is 19.9 Å². The first-order valence-electron chi connectivity index (χ1n) is 12.1. The van der Waals surface area contributed by atoms with Gasteiger partial charge in [-0.05, 0) is 30.5 Å². The Balaban J connectivity index is 1.46. The SMILES string of the molecule is CS(=O)(=O)CCNCc1ccc(-n2cc(-c3nc(NC4CCN(S(C)(=O)=O)CC4)ncc3C#N)cn2)c(Cl)c1. The molecular weight excluding hydrogens is 564 g/mol. The molecule has 39 heavy (non-hydrogen) atoms. The van der Waals surface area contributed by atoms with E-state index in [0.29, 0.717) is 66.9 Å². The number of rotatable bonds is 10. The Morgan fingerprint density at radius 3 is 2.54 bits per heavy atom. The summed E-state index contributed by atoms with van der Waals surface area (Å²) in [6.45, 7) is 1.65. The lowest BCUT2D eigenvalue weighted by molar-refractivity contribution is 0.331. The quantitative estimate of drug-likeness (QED) is 0.332. The van der Waals surface area contributed by atoms with Gasteiger partial charge in [-0.2, -0.15) is 10.4 Å². The van der Waals surface area contributed by atoms with Gasteiger partial charge in [-0.25, -0.2) is 35.8 Å². The van der Waals surface area contributed by atoms with Crippen molar-refractivity contribution in [2.24, 2.45) is 0 Å². The van der Waals surface area contributed by atoms with Crippen LogP contribution in [0.2, 0.25) is 5.02 Å². The van der Waals surface area contributed by atoms with Crippen molar-refractivity contribution in [3.63, 3.8) is 0 Å². The summed E-state index contributed by atoms with van der Waals surface area (Å²) in [4.78, 5) is 8.83. The van der Waals surface area contributed by atoms with E-state index >= 15 is 0 Å². The van der Waals surface area contributed by atoms with E-state index in [0.717, 1.165) is 5.56 Å². The highest BCUT2D eigenvalue weighted by Gasteiger charge is 2.25. The van der Waals surface area contributed by atoms with E-state index in [-0.39, 0.29) is 17.4 Å². The minimum Gasteiger partial charge on any atom is -0.351 e. The van der Waals surface area contributed by atoms with E-state index in [1.165, 1.54) is 23.0 Å². The van der Waals surface area contributed by atoms with E-state index in [1.54, 1.807) is 23.1 Å². The second-order valence-corrected chi connectivity index (χ2v) is 14.1. The van der Waals surface area contributed by atoms with E-state index in [2.05, 4.69) is 31.8 Å². The Bertz CT molecular complexity index is 1590. The number of halogens is 1. The molecule has 3 aromatic rings. The van der Waals surface area contributed by atoms with Crippen molar-refractivity contribution in [1.29, 1.82) is 5.26 Å². The largest absolute Gasteiger partial charge is 0.351 e. The lowest BCUT2D eigenvalue weighted by Crippen LogP contribution is -2.42. The summed E-state index contributed by atoms with van der Waals surface area (Å²) in [6.07, 6.45) is 8.41. The van der Waals surface area contributed by atoms with Crippen LogP contribution < -0.4 is 10.6 Å². The molecule has 12 nitrogen and oxygen atoms in total. The Hall–Kier alpha value is -3.09. The molecule has 0 bridgehead atoms. The number of benzene rings is 1. The summed E-state index contributed by atoms with van der Waals surface area (Å²) in [5.41, 5.74) is 2.83. The van der Waals surface area contributed by atoms with Crippen LogP contribution in [0.1, 0.15) is 24.0 Å². The van der Waals surface area contributed by atoms with Crippen LogP contribution in [-0.4, -0.2) is 84.8 Å². The average Bonchev–Trinajstić information content (AvgIpc) is 3.36. The van der Waals surface area contributed by atoms with Gasteiger partial charge in [-0.3, -0.25) is 0 Å². The van der Waals surface area contributed by atoms with Gasteiger partial charge in [0.2, 0.25) is 16.0 Å². The van der Waals surface area contributed by atoms with Crippen molar-refractivity contribution in [2.45, 2.75) is 25.4 Å². The number of sulfone groups is 1. The van der Waals surface area contributed by atoms with Crippen LogP contribution in [0.25, 0.3) is 16.9 Å². The molecule has 0 radical (unpaired) electrons. The van der Waals surface area contributed by atoms with Gasteiger partial charge >= 0.3 is 0 Å². The van der Waals surface area contributed by atoms with Crippen molar-refractivity contribution in [3.05, 3.63) is 52.9 Å². The number of hydrogen-bond donors (Lipinski definition) is 2. The zero-order valence-corrected chi connectivity index (χ0v) is 23.9. The summed E-state index contributed by atoms with van der Waals surface area (Å²) in [5.74, 6) is 0.405. The molecule has 1 fully saturated rings. The van der Waals surface area contributed by atoms with Gasteiger partial charge in [0.1, 0.15) is 15.9 Å². The number of nitrogens with zero attached hydrogens (tertiary/aromatic N) is 6. The molecule has 0 unspecified atom stereocenters. The summed E-state index contributed by atoms with van der Waals surface area (Å²) in [5, 5.41) is 20.8. The van der Waals surface area contributed by atoms with Gasteiger partial charge in [0.15, 0.2) is 0 Å². The zero-order valence-electron chi connectivity index (χ0n) is 21.5. The van der Waals surface area contributed by atoms with Gasteiger partial charge in [-0.1, -0.05) is 17.7 Å². The standard InChI is InChI=1S/C24H29ClN8O4S2/c1-38(34,35)10-7-27-13-17-3-4-22(21(25)11-17)33-16-19(15-29-33)23-18(12-26)14-28-24(31-23)30-20-5-8-32(9-6-20)39(2,36)37/h3-4,11,14-16,20,27H,5-10,13H2,1-2H3,(H,28,30,31). The lowest BCUT2D eigenvalue weighted by atomic mass is 10.1. The fraction of sp³-hybridized carbons (Fsp3) is 0.417. The molecule has 3 heterocycles. The van der Waals surface area contributed by atoms with Crippen LogP contribution in [0.5, 0.6) is 0 Å². The van der Waals surface area contributed by atoms with Gasteiger partial charge in [-0.15, -0.1) is 0 Å². The Morgan fingerprint density at radius 1 is 1.15 bits per heavy atom. The molecule has 208 valence electrons. The third-order valence-corrected chi connectivity index (χ3v) is 8.81. The maximum Gasteiger partial charge on any atom is 0.223 e. The molecule has 2 aromatic heterocycles. The number of nitriles is 1. The normalized spacial score (nSPS) is 15.2. The second-order valence-electron chi connectivity index (χ2n) is 9.41. The minimum atomic E-state index is -3.21. The van der Waals surface area contributed by atoms with E-state index in [1.807, 2.05) is 12.1 Å². The third kappa shape index (κ3) is 7.74. The van der Waals surface area contributed by atoms with Crippen LogP contribution in [0, 0.1) is 11.3 Å². The van der Waals surface area contributed by atoms with E-state index in [9.17, 15) is 22.1 Å². The highest BCUT2D eigenvalue weighted by atomic mass is 35.5. The minimum absolute atomic E-state index is 0.00435. The molecule has 0 saturated carbocycles. The van der Waals surface area contributed by atoms with Crippen molar-refractivity contribution in [3.8, 4) is 23.0 Å². The molecule has 2 N–H and O–H groups in total. The number of nitrogens with one attached hydrogen (secondary N) is 2. The Kier molecular flexibility index (Phi) is 8.87. The molecule has 0 atom stereocenters. The zero-order chi connectivity index (χ0) is 28.2. The Morgan fingerprint density at radius 2 is 1.90 bits per heavy atom. The monoisotopic (exact) mass is 592 g/mol. The average molecular weight is 593 g/mol. The fourth-order valence-corrected chi connectivity index (χ4v) is 5.86. The van der Waals surface area contributed by atoms with Crippen LogP contribution in [0.15, 0.2) is 36.8 Å². The summed E-state index contributed by atoms with van der Waals surface area (Å²) in [7, 11) is -6.24. The second kappa shape index (κ2) is 12.0. The van der Waals surface area contributed by atoms with Crippen molar-refractivity contribution in [2.75, 3.05) is 43.2 Å². The van der Waals surface area contributed by atoms with Crippen molar-refractivity contribution < 1.29 is 16.8 Å². The van der Waals surface area contributed by atoms with Gasteiger partial charge < -0.3 is 10.6 Å². The maximum absolute atomic E-state index is 11.8. The molecule has 1 aliphatic rings. The third-order valence-electron chi connectivity index (χ3n) is 6.26. The van der Waals surface area contributed by atoms with Crippen LogP contribution in [-0.2, 0) is 26.4 Å². The maximum atomic E-state index is 11.8. The fourth-order valence-electron chi connectivity index (χ4n) is 4.18. The molecule has 4 rings (SSSR count). The molecule has 0 spiro atoms. The first kappa shape index (κ1) is 28.9. The van der Waals surface area contributed by atoms with E-state index in [4.69, 9.17) is 11.6 Å². The van der Waals surface area contributed by atoms with Crippen LogP contribution >= 0.6 is 11.6 Å². The summed E-state index contributed by atoms with van der Waals surface area (Å²) < 4.78 is 49.1. The molecule has 1 aromatic carbocycles. The number of anilines is 1. The number of hydrogen-bond acceptors (Lipinski definition) is 10. The summed E-state index contributed by atoms with van der Waals surface area (Å²) >= 11 is 6.52. The van der Waals surface area contributed by atoms with Gasteiger partial charge in [0.25, 0.3) is 0 Å². The first-order chi connectivity index (χ1) is 18.4. The number of piperidine rings is 1. The highest BCUT2D eigenvalue weighted by Crippen LogP contribution is 2.27. The van der Waals surface area contributed by atoms with Crippen molar-refractivity contribution >= 4 is 37.4 Å².